The molecule has 0 heterocycles. The maximum absolute atomic E-state index is 12.7. The second-order valence-corrected chi connectivity index (χ2v) is 17.0. The van der Waals surface area contributed by atoms with Gasteiger partial charge in [0.1, 0.15) is 13.2 Å². The molecule has 6 heteroatoms. The van der Waals surface area contributed by atoms with E-state index in [1.54, 1.807) is 6.08 Å². The molecule has 0 saturated heterocycles. The van der Waals surface area contributed by atoms with Crippen molar-refractivity contribution >= 4 is 17.9 Å². The van der Waals surface area contributed by atoms with E-state index < -0.39 is 12.1 Å². The van der Waals surface area contributed by atoms with Crippen molar-refractivity contribution < 1.29 is 28.6 Å². The number of rotatable bonds is 46. The van der Waals surface area contributed by atoms with Gasteiger partial charge in [-0.25, -0.2) is 0 Å². The molecule has 66 heavy (non-hydrogen) atoms. The van der Waals surface area contributed by atoms with Gasteiger partial charge >= 0.3 is 17.9 Å². The average molecular weight is 913 g/mol. The Hall–Kier alpha value is -4.19. The molecule has 0 bridgehead atoms. The number of esters is 3. The summed E-state index contributed by atoms with van der Waals surface area (Å²) in [5.41, 5.74) is 0. The predicted octanol–water partition coefficient (Wildman–Crippen LogP) is 17.7. The Morgan fingerprint density at radius 3 is 1.00 bits per heavy atom. The van der Waals surface area contributed by atoms with Crippen LogP contribution in [0.2, 0.25) is 0 Å². The van der Waals surface area contributed by atoms with Gasteiger partial charge in [0.05, 0.1) is 6.42 Å². The van der Waals surface area contributed by atoms with E-state index in [1.807, 2.05) is 6.08 Å². The van der Waals surface area contributed by atoms with Crippen LogP contribution in [0.25, 0.3) is 0 Å². The fourth-order valence-corrected chi connectivity index (χ4v) is 6.84. The van der Waals surface area contributed by atoms with Crippen molar-refractivity contribution in [3.63, 3.8) is 0 Å². The standard InChI is InChI=1S/C60H96O6/c1-4-7-10-13-16-18-20-22-24-25-26-27-28-29-30-31-32-33-34-35-37-38-40-42-44-47-50-53-59(62)65-56-57(55-64-58(61)52-49-46-15-12-9-6-3)66-60(63)54-51-48-45-43-41-39-36-23-21-19-17-14-11-8-5-2/h7-8,10-11,16-19,22-24,26-27,29-30,36,41,43,48,51,57H,4-6,9,12-15,20-21,25,28,31-35,37-40,42,44-47,49-50,52-56H2,1-3H3/b10-7-,11-8-,18-16-,19-17-,24-22-,27-26-,30-29-,36-23-,43-41-,51-48-. The second-order valence-electron chi connectivity index (χ2n) is 17.0. The van der Waals surface area contributed by atoms with Crippen molar-refractivity contribution in [2.75, 3.05) is 13.2 Å². The zero-order valence-electron chi connectivity index (χ0n) is 42.4. The maximum Gasteiger partial charge on any atom is 0.310 e. The fraction of sp³-hybridized carbons (Fsp3) is 0.617. The van der Waals surface area contributed by atoms with Crippen LogP contribution in [0.3, 0.4) is 0 Å². The predicted molar refractivity (Wildman–Crippen MR) is 283 cm³/mol. The van der Waals surface area contributed by atoms with Crippen LogP contribution >= 0.6 is 0 Å². The Morgan fingerprint density at radius 1 is 0.333 bits per heavy atom. The van der Waals surface area contributed by atoms with Crippen LogP contribution in [0.15, 0.2) is 122 Å². The highest BCUT2D eigenvalue weighted by atomic mass is 16.6. The molecular weight excluding hydrogens is 817 g/mol. The lowest BCUT2D eigenvalue weighted by Crippen LogP contribution is -2.30. The highest BCUT2D eigenvalue weighted by Gasteiger charge is 2.19. The lowest BCUT2D eigenvalue weighted by Gasteiger charge is -2.18. The SMILES string of the molecule is CC/C=C\C/C=C\C/C=C\C/C=C\C/C=C\CCCCCCCCCCCCCC(=O)OCC(COC(=O)CCCCCCCC)OC(=O)C/C=C\C/C=C\C/C=C\C/C=C\C/C=C\CC. The van der Waals surface area contributed by atoms with Crippen LogP contribution in [0.4, 0.5) is 0 Å². The van der Waals surface area contributed by atoms with Crippen LogP contribution in [0, 0.1) is 0 Å². The van der Waals surface area contributed by atoms with E-state index >= 15 is 0 Å². The van der Waals surface area contributed by atoms with Gasteiger partial charge in [-0.15, -0.1) is 0 Å². The van der Waals surface area contributed by atoms with E-state index in [9.17, 15) is 14.4 Å². The molecule has 0 aliphatic carbocycles. The van der Waals surface area contributed by atoms with E-state index in [4.69, 9.17) is 14.2 Å². The molecule has 0 N–H and O–H groups in total. The van der Waals surface area contributed by atoms with E-state index in [2.05, 4.69) is 130 Å². The first-order valence-electron chi connectivity index (χ1n) is 26.5. The molecule has 0 aliphatic heterocycles. The molecule has 372 valence electrons. The van der Waals surface area contributed by atoms with E-state index in [-0.39, 0.29) is 31.6 Å². The molecule has 0 aromatic carbocycles. The topological polar surface area (TPSA) is 78.9 Å². The number of hydrogen-bond donors (Lipinski definition) is 0. The summed E-state index contributed by atoms with van der Waals surface area (Å²) in [6.45, 7) is 6.24. The van der Waals surface area contributed by atoms with E-state index in [0.717, 1.165) is 103 Å². The highest BCUT2D eigenvalue weighted by molar-refractivity contribution is 5.72. The summed E-state index contributed by atoms with van der Waals surface area (Å²) in [7, 11) is 0. The third-order valence-electron chi connectivity index (χ3n) is 10.7. The monoisotopic (exact) mass is 913 g/mol. The molecule has 0 spiro atoms. The number of allylic oxidation sites excluding steroid dienone is 19. The van der Waals surface area contributed by atoms with E-state index in [1.165, 1.54) is 77.0 Å². The summed E-state index contributed by atoms with van der Waals surface area (Å²) < 4.78 is 16.6. The summed E-state index contributed by atoms with van der Waals surface area (Å²) >= 11 is 0. The van der Waals surface area contributed by atoms with Crippen LogP contribution in [-0.4, -0.2) is 37.2 Å². The molecule has 0 amide bonds. The molecule has 0 aromatic rings. The Balaban J connectivity index is 4.22. The third-order valence-corrected chi connectivity index (χ3v) is 10.7. The van der Waals surface area contributed by atoms with Crippen LogP contribution in [0.1, 0.15) is 220 Å². The van der Waals surface area contributed by atoms with Crippen molar-refractivity contribution in [2.24, 2.45) is 0 Å². The molecule has 0 saturated carbocycles. The first-order valence-corrected chi connectivity index (χ1v) is 26.5. The summed E-state index contributed by atoms with van der Waals surface area (Å²) in [6, 6.07) is 0. The summed E-state index contributed by atoms with van der Waals surface area (Å²) in [5, 5.41) is 0. The van der Waals surface area contributed by atoms with Gasteiger partial charge < -0.3 is 14.2 Å². The minimum Gasteiger partial charge on any atom is -0.462 e. The van der Waals surface area contributed by atoms with Gasteiger partial charge in [0, 0.05) is 12.8 Å². The quantitative estimate of drug-likeness (QED) is 0.0262. The molecular formula is C60H96O6. The van der Waals surface area contributed by atoms with E-state index in [0.29, 0.717) is 12.8 Å². The van der Waals surface area contributed by atoms with Crippen molar-refractivity contribution in [1.82, 2.24) is 0 Å². The number of carbonyl (C=O) groups excluding carboxylic acids is 3. The molecule has 1 unspecified atom stereocenters. The zero-order valence-corrected chi connectivity index (χ0v) is 42.4. The Morgan fingerprint density at radius 2 is 0.636 bits per heavy atom. The van der Waals surface area contributed by atoms with Gasteiger partial charge in [0.25, 0.3) is 0 Å². The molecule has 0 aromatic heterocycles. The van der Waals surface area contributed by atoms with Crippen molar-refractivity contribution in [1.29, 1.82) is 0 Å². The van der Waals surface area contributed by atoms with Crippen LogP contribution < -0.4 is 0 Å². The molecule has 0 radical (unpaired) electrons. The third kappa shape index (κ3) is 50.8. The molecule has 0 rings (SSSR count). The normalized spacial score (nSPS) is 13.1. The highest BCUT2D eigenvalue weighted by Crippen LogP contribution is 2.14. The number of hydrogen-bond acceptors (Lipinski definition) is 6. The summed E-state index contributed by atoms with van der Waals surface area (Å²) in [6.07, 6.45) is 73.9. The maximum atomic E-state index is 12.7. The lowest BCUT2D eigenvalue weighted by atomic mass is 10.0. The van der Waals surface area contributed by atoms with Crippen LogP contribution in [0.5, 0.6) is 0 Å². The smallest absolute Gasteiger partial charge is 0.310 e. The largest absolute Gasteiger partial charge is 0.462 e. The second kappa shape index (κ2) is 53.4. The zero-order chi connectivity index (χ0) is 47.9. The Kier molecular flexibility index (Phi) is 50.0. The molecule has 0 fully saturated rings. The first-order chi connectivity index (χ1) is 32.5. The van der Waals surface area contributed by atoms with Gasteiger partial charge in [0.15, 0.2) is 6.10 Å². The first kappa shape index (κ1) is 61.8. The van der Waals surface area contributed by atoms with Gasteiger partial charge in [0.2, 0.25) is 0 Å². The van der Waals surface area contributed by atoms with Gasteiger partial charge in [-0.05, 0) is 89.9 Å². The molecule has 1 atom stereocenters. The van der Waals surface area contributed by atoms with Crippen molar-refractivity contribution in [3.8, 4) is 0 Å². The molecule has 6 nitrogen and oxygen atoms in total. The summed E-state index contributed by atoms with van der Waals surface area (Å²) in [5.74, 6) is -1.07. The lowest BCUT2D eigenvalue weighted by molar-refractivity contribution is -0.166. The Labute approximate surface area is 405 Å². The number of carbonyl (C=O) groups is 3. The molecule has 0 aliphatic rings. The van der Waals surface area contributed by atoms with Gasteiger partial charge in [-0.3, -0.25) is 14.4 Å². The van der Waals surface area contributed by atoms with Gasteiger partial charge in [-0.1, -0.05) is 232 Å². The summed E-state index contributed by atoms with van der Waals surface area (Å²) in [4.78, 5) is 37.7. The fourth-order valence-electron chi connectivity index (χ4n) is 6.84. The number of unbranched alkanes of at least 4 members (excludes halogenated alkanes) is 16. The van der Waals surface area contributed by atoms with Crippen molar-refractivity contribution in [2.45, 2.75) is 226 Å². The average Bonchev–Trinajstić information content (AvgIpc) is 3.31. The minimum atomic E-state index is -0.832. The van der Waals surface area contributed by atoms with Gasteiger partial charge in [-0.2, -0.15) is 0 Å². The number of ether oxygens (including phenoxy) is 3. The van der Waals surface area contributed by atoms with Crippen LogP contribution in [-0.2, 0) is 28.6 Å². The Bertz CT molecular complexity index is 1420. The minimum absolute atomic E-state index is 0.0934. The van der Waals surface area contributed by atoms with Crippen molar-refractivity contribution in [3.05, 3.63) is 122 Å².